The number of ether oxygens (including phenoxy) is 1. The normalized spacial score (nSPS) is 10.0. The van der Waals surface area contributed by atoms with E-state index < -0.39 is 0 Å². The monoisotopic (exact) mass is 311 g/mol. The molecule has 0 aliphatic rings. The van der Waals surface area contributed by atoms with Crippen molar-refractivity contribution in [3.8, 4) is 17.6 Å². The fourth-order valence-corrected chi connectivity index (χ4v) is 2.22. The number of halogens is 3. The topological polar surface area (TPSA) is 33.0 Å². The molecule has 0 N–H and O–H groups in total. The number of hydrogen-bond acceptors (Lipinski definition) is 2. The van der Waals surface area contributed by atoms with Crippen molar-refractivity contribution < 1.29 is 4.74 Å². The van der Waals surface area contributed by atoms with Gasteiger partial charge in [0.2, 0.25) is 0 Å². The molecule has 0 amide bonds. The van der Waals surface area contributed by atoms with Crippen molar-refractivity contribution in [2.45, 2.75) is 5.88 Å². The lowest BCUT2D eigenvalue weighted by atomic mass is 10.1. The van der Waals surface area contributed by atoms with Crippen molar-refractivity contribution in [1.82, 2.24) is 0 Å². The Bertz CT molecular complexity index is 629. The fraction of sp³-hybridized carbons (Fsp3) is 0.0714. The first kappa shape index (κ1) is 14.0. The minimum Gasteiger partial charge on any atom is -0.456 e. The molecule has 19 heavy (non-hydrogen) atoms. The molecule has 2 rings (SSSR count). The highest BCUT2D eigenvalue weighted by Crippen LogP contribution is 2.30. The van der Waals surface area contributed by atoms with E-state index in [4.69, 9.17) is 44.8 Å². The van der Waals surface area contributed by atoms with Gasteiger partial charge in [0, 0.05) is 15.9 Å². The van der Waals surface area contributed by atoms with Crippen LogP contribution in [0, 0.1) is 11.3 Å². The van der Waals surface area contributed by atoms with Crippen LogP contribution in [0.5, 0.6) is 11.5 Å². The minimum atomic E-state index is 0.345. The quantitative estimate of drug-likeness (QED) is 0.711. The summed E-state index contributed by atoms with van der Waals surface area (Å²) in [6.45, 7) is 0. The van der Waals surface area contributed by atoms with Gasteiger partial charge in [-0.05, 0) is 35.9 Å². The molecule has 0 atom stereocenters. The van der Waals surface area contributed by atoms with Gasteiger partial charge < -0.3 is 4.74 Å². The zero-order valence-corrected chi connectivity index (χ0v) is 11.9. The molecule has 96 valence electrons. The molecule has 0 spiro atoms. The average Bonchev–Trinajstić information content (AvgIpc) is 2.38. The van der Waals surface area contributed by atoms with E-state index in [1.165, 1.54) is 0 Å². The molecule has 2 nitrogen and oxygen atoms in total. The smallest absolute Gasteiger partial charge is 0.145 e. The van der Waals surface area contributed by atoms with Crippen LogP contribution in [0.2, 0.25) is 10.0 Å². The van der Waals surface area contributed by atoms with E-state index in [0.29, 0.717) is 33.0 Å². The van der Waals surface area contributed by atoms with Gasteiger partial charge in [0.25, 0.3) is 0 Å². The third-order valence-electron chi connectivity index (χ3n) is 2.38. The Hall–Kier alpha value is -1.40. The summed E-state index contributed by atoms with van der Waals surface area (Å²) in [5, 5.41) is 10.0. The van der Waals surface area contributed by atoms with E-state index in [2.05, 4.69) is 6.07 Å². The summed E-state index contributed by atoms with van der Waals surface area (Å²) in [7, 11) is 0. The summed E-state index contributed by atoms with van der Waals surface area (Å²) < 4.78 is 5.63. The molecule has 0 aliphatic carbocycles. The minimum absolute atomic E-state index is 0.345. The van der Waals surface area contributed by atoms with Crippen molar-refractivity contribution in [3.05, 3.63) is 57.6 Å². The standard InChI is InChI=1S/C14H8Cl3NO/c15-7-9-1-2-14(10(3-9)8-18)19-13-5-11(16)4-12(17)6-13/h1-6H,7H2. The molecule has 5 heteroatoms. The molecule has 0 bridgehead atoms. The van der Waals surface area contributed by atoms with Crippen LogP contribution >= 0.6 is 34.8 Å². The predicted molar refractivity (Wildman–Crippen MR) is 77.3 cm³/mol. The van der Waals surface area contributed by atoms with Gasteiger partial charge in [-0.25, -0.2) is 0 Å². The molecule has 0 fully saturated rings. The van der Waals surface area contributed by atoms with E-state index in [1.54, 1.807) is 36.4 Å². The molecular formula is C14H8Cl3NO. The van der Waals surface area contributed by atoms with Crippen molar-refractivity contribution in [2.75, 3.05) is 0 Å². The Labute approximate surface area is 126 Å². The van der Waals surface area contributed by atoms with Gasteiger partial charge in [-0.3, -0.25) is 0 Å². The highest BCUT2D eigenvalue weighted by Gasteiger charge is 2.07. The van der Waals surface area contributed by atoms with E-state index in [1.807, 2.05) is 0 Å². The molecule has 2 aromatic carbocycles. The van der Waals surface area contributed by atoms with Gasteiger partial charge in [0.1, 0.15) is 17.6 Å². The maximum Gasteiger partial charge on any atom is 0.145 e. The lowest BCUT2D eigenvalue weighted by Crippen LogP contribution is -1.90. The van der Waals surface area contributed by atoms with Gasteiger partial charge >= 0.3 is 0 Å². The van der Waals surface area contributed by atoms with Crippen LogP contribution in [-0.2, 0) is 5.88 Å². The largest absolute Gasteiger partial charge is 0.456 e. The number of benzene rings is 2. The van der Waals surface area contributed by atoms with Crippen LogP contribution in [-0.4, -0.2) is 0 Å². The zero-order valence-electron chi connectivity index (χ0n) is 9.66. The second-order valence-electron chi connectivity index (χ2n) is 3.78. The highest BCUT2D eigenvalue weighted by molar-refractivity contribution is 6.34. The van der Waals surface area contributed by atoms with Gasteiger partial charge in [-0.2, -0.15) is 5.26 Å². The van der Waals surface area contributed by atoms with Gasteiger partial charge in [0.15, 0.2) is 0 Å². The van der Waals surface area contributed by atoms with Crippen LogP contribution < -0.4 is 4.74 Å². The van der Waals surface area contributed by atoms with Gasteiger partial charge in [-0.1, -0.05) is 29.3 Å². The third kappa shape index (κ3) is 3.54. The molecule has 0 aromatic heterocycles. The van der Waals surface area contributed by atoms with Crippen LogP contribution in [0.4, 0.5) is 0 Å². The van der Waals surface area contributed by atoms with Crippen molar-refractivity contribution in [1.29, 1.82) is 5.26 Å². The molecule has 2 aromatic rings. The Morgan fingerprint density at radius 2 is 1.74 bits per heavy atom. The summed E-state index contributed by atoms with van der Waals surface area (Å²) in [5.74, 6) is 1.26. The predicted octanol–water partition coefficient (Wildman–Crippen LogP) is 5.40. The number of nitrogens with zero attached hydrogens (tertiary/aromatic N) is 1. The molecule has 0 aliphatic heterocycles. The van der Waals surface area contributed by atoms with Crippen molar-refractivity contribution in [2.24, 2.45) is 0 Å². The first-order chi connectivity index (χ1) is 9.12. The number of rotatable bonds is 3. The summed E-state index contributed by atoms with van der Waals surface area (Å²) in [6, 6.07) is 12.1. The molecule has 0 unspecified atom stereocenters. The van der Waals surface area contributed by atoms with E-state index in [-0.39, 0.29) is 0 Å². The van der Waals surface area contributed by atoms with Crippen molar-refractivity contribution in [3.63, 3.8) is 0 Å². The summed E-state index contributed by atoms with van der Waals surface area (Å²) in [5.41, 5.74) is 1.27. The maximum atomic E-state index is 9.10. The highest BCUT2D eigenvalue weighted by atomic mass is 35.5. The Morgan fingerprint density at radius 1 is 1.05 bits per heavy atom. The van der Waals surface area contributed by atoms with Crippen molar-refractivity contribution >= 4 is 34.8 Å². The molecule has 0 radical (unpaired) electrons. The number of nitriles is 1. The second kappa shape index (κ2) is 6.16. The van der Waals surface area contributed by atoms with E-state index in [0.717, 1.165) is 5.56 Å². The van der Waals surface area contributed by atoms with Crippen LogP contribution in [0.15, 0.2) is 36.4 Å². The third-order valence-corrected chi connectivity index (χ3v) is 3.13. The fourth-order valence-electron chi connectivity index (χ4n) is 1.55. The summed E-state index contributed by atoms with van der Waals surface area (Å²) in [4.78, 5) is 0. The summed E-state index contributed by atoms with van der Waals surface area (Å²) >= 11 is 17.5. The zero-order chi connectivity index (χ0) is 13.8. The summed E-state index contributed by atoms with van der Waals surface area (Å²) in [6.07, 6.45) is 0. The lowest BCUT2D eigenvalue weighted by molar-refractivity contribution is 0.481. The Morgan fingerprint density at radius 3 is 2.32 bits per heavy atom. The molecule has 0 saturated heterocycles. The number of alkyl halides is 1. The van der Waals surface area contributed by atoms with Crippen LogP contribution in [0.1, 0.15) is 11.1 Å². The molecule has 0 saturated carbocycles. The molecule has 0 heterocycles. The molecular weight excluding hydrogens is 305 g/mol. The van der Waals surface area contributed by atoms with Gasteiger partial charge in [0.05, 0.1) is 5.56 Å². The Kier molecular flexibility index (Phi) is 4.55. The number of hydrogen-bond donors (Lipinski definition) is 0. The lowest BCUT2D eigenvalue weighted by Gasteiger charge is -2.09. The first-order valence-electron chi connectivity index (χ1n) is 5.35. The Balaban J connectivity index is 2.35. The average molecular weight is 313 g/mol. The SMILES string of the molecule is N#Cc1cc(CCl)ccc1Oc1cc(Cl)cc(Cl)c1. The van der Waals surface area contributed by atoms with Crippen LogP contribution in [0.3, 0.4) is 0 Å². The maximum absolute atomic E-state index is 9.10. The van der Waals surface area contributed by atoms with E-state index in [9.17, 15) is 0 Å². The first-order valence-corrected chi connectivity index (χ1v) is 6.64. The second-order valence-corrected chi connectivity index (χ2v) is 4.92. The van der Waals surface area contributed by atoms with Gasteiger partial charge in [-0.15, -0.1) is 11.6 Å². The van der Waals surface area contributed by atoms with Crippen LogP contribution in [0.25, 0.3) is 0 Å². The van der Waals surface area contributed by atoms with E-state index >= 15 is 0 Å².